The van der Waals surface area contributed by atoms with Crippen LogP contribution in [0.15, 0.2) is 0 Å². The Morgan fingerprint density at radius 1 is 1.59 bits per heavy atom. The molecule has 1 saturated heterocycles. The van der Waals surface area contributed by atoms with Crippen LogP contribution in [0.25, 0.3) is 0 Å². The summed E-state index contributed by atoms with van der Waals surface area (Å²) in [6.45, 7) is 8.20. The van der Waals surface area contributed by atoms with Crippen molar-refractivity contribution in [1.82, 2.24) is 4.90 Å². The number of hydrogen-bond donors (Lipinski definition) is 2. The van der Waals surface area contributed by atoms with Crippen molar-refractivity contribution >= 4 is 5.97 Å². The van der Waals surface area contributed by atoms with Crippen LogP contribution in [0.5, 0.6) is 0 Å². The fourth-order valence-corrected chi connectivity index (χ4v) is 1.88. The Labute approximate surface area is 102 Å². The Hall–Kier alpha value is -0.650. The van der Waals surface area contributed by atoms with E-state index in [9.17, 15) is 9.90 Å². The third-order valence-electron chi connectivity index (χ3n) is 3.41. The molecular formula is C12H23NO4. The van der Waals surface area contributed by atoms with Gasteiger partial charge in [0.15, 0.2) is 0 Å². The lowest BCUT2D eigenvalue weighted by Crippen LogP contribution is -2.51. The van der Waals surface area contributed by atoms with Gasteiger partial charge in [-0.2, -0.15) is 0 Å². The van der Waals surface area contributed by atoms with Gasteiger partial charge in [0.1, 0.15) is 0 Å². The van der Waals surface area contributed by atoms with Crippen LogP contribution in [0.1, 0.15) is 27.2 Å². The van der Waals surface area contributed by atoms with Gasteiger partial charge in [-0.3, -0.25) is 9.69 Å². The minimum absolute atomic E-state index is 0.0281. The third kappa shape index (κ3) is 4.61. The fourth-order valence-electron chi connectivity index (χ4n) is 1.88. The quantitative estimate of drug-likeness (QED) is 0.741. The van der Waals surface area contributed by atoms with E-state index in [1.165, 1.54) is 0 Å². The number of ether oxygens (including phenoxy) is 1. The average Bonchev–Trinajstić information content (AvgIpc) is 2.15. The van der Waals surface area contributed by atoms with Gasteiger partial charge in [-0.15, -0.1) is 0 Å². The number of hydrogen-bond acceptors (Lipinski definition) is 4. The Balaban J connectivity index is 2.47. The van der Waals surface area contributed by atoms with Gasteiger partial charge in [0.05, 0.1) is 24.7 Å². The maximum atomic E-state index is 10.6. The summed E-state index contributed by atoms with van der Waals surface area (Å²) < 4.78 is 5.39. The molecule has 2 unspecified atom stereocenters. The fraction of sp³-hybridized carbons (Fsp3) is 0.917. The first-order chi connectivity index (χ1) is 7.81. The minimum Gasteiger partial charge on any atom is -0.481 e. The van der Waals surface area contributed by atoms with Crippen molar-refractivity contribution in [2.75, 3.05) is 26.2 Å². The van der Waals surface area contributed by atoms with Gasteiger partial charge in [0.25, 0.3) is 0 Å². The van der Waals surface area contributed by atoms with E-state index in [4.69, 9.17) is 9.84 Å². The molecule has 1 rings (SSSR count). The van der Waals surface area contributed by atoms with Crippen LogP contribution in [-0.2, 0) is 9.53 Å². The summed E-state index contributed by atoms with van der Waals surface area (Å²) >= 11 is 0. The molecule has 2 N–H and O–H groups in total. The lowest BCUT2D eigenvalue weighted by molar-refractivity contribution is -0.142. The standard InChI is InChI=1S/C12H23NO4/c1-9(2)12(3,16)8-13-4-5-17-10(7-13)6-11(14)15/h9-10,16H,4-8H2,1-3H3,(H,14,15). The van der Waals surface area contributed by atoms with Crippen LogP contribution in [-0.4, -0.2) is 59.0 Å². The minimum atomic E-state index is -0.840. The predicted octanol–water partition coefficient (Wildman–Crippen LogP) is 0.569. The van der Waals surface area contributed by atoms with E-state index in [0.29, 0.717) is 19.7 Å². The van der Waals surface area contributed by atoms with Crippen molar-refractivity contribution in [3.05, 3.63) is 0 Å². The summed E-state index contributed by atoms with van der Waals surface area (Å²) in [4.78, 5) is 12.7. The molecule has 0 amide bonds. The van der Waals surface area contributed by atoms with Gasteiger partial charge in [-0.25, -0.2) is 0 Å². The average molecular weight is 245 g/mol. The topological polar surface area (TPSA) is 70.0 Å². The largest absolute Gasteiger partial charge is 0.481 e. The second kappa shape index (κ2) is 5.80. The first-order valence-electron chi connectivity index (χ1n) is 6.09. The van der Waals surface area contributed by atoms with E-state index < -0.39 is 11.6 Å². The molecule has 5 heteroatoms. The van der Waals surface area contributed by atoms with Crippen LogP contribution in [0.2, 0.25) is 0 Å². The molecule has 0 radical (unpaired) electrons. The van der Waals surface area contributed by atoms with Gasteiger partial charge < -0.3 is 14.9 Å². The highest BCUT2D eigenvalue weighted by atomic mass is 16.5. The van der Waals surface area contributed by atoms with E-state index in [1.54, 1.807) is 0 Å². The molecule has 0 aromatic heterocycles. The van der Waals surface area contributed by atoms with Crippen LogP contribution in [0.3, 0.4) is 0 Å². The van der Waals surface area contributed by atoms with Crippen LogP contribution in [0.4, 0.5) is 0 Å². The molecule has 1 aliphatic heterocycles. The van der Waals surface area contributed by atoms with Crippen LogP contribution >= 0.6 is 0 Å². The van der Waals surface area contributed by atoms with Crippen LogP contribution in [0, 0.1) is 5.92 Å². The summed E-state index contributed by atoms with van der Waals surface area (Å²) in [6.07, 6.45) is -0.232. The number of carboxylic acid groups (broad SMARTS) is 1. The molecule has 5 nitrogen and oxygen atoms in total. The molecule has 0 aliphatic carbocycles. The molecule has 100 valence electrons. The van der Waals surface area contributed by atoms with Gasteiger partial charge >= 0.3 is 5.97 Å². The van der Waals surface area contributed by atoms with E-state index in [-0.39, 0.29) is 18.4 Å². The Kier molecular flexibility index (Phi) is 4.91. The number of morpholine rings is 1. The summed E-state index contributed by atoms with van der Waals surface area (Å²) in [5.41, 5.74) is -0.745. The molecule has 1 heterocycles. The lowest BCUT2D eigenvalue weighted by atomic mass is 9.91. The van der Waals surface area contributed by atoms with Gasteiger partial charge in [-0.05, 0) is 12.8 Å². The molecule has 0 saturated carbocycles. The predicted molar refractivity (Wildman–Crippen MR) is 63.9 cm³/mol. The SMILES string of the molecule is CC(C)C(C)(O)CN1CCOC(CC(=O)O)C1. The number of nitrogens with zero attached hydrogens (tertiary/aromatic N) is 1. The monoisotopic (exact) mass is 245 g/mol. The Morgan fingerprint density at radius 2 is 2.24 bits per heavy atom. The third-order valence-corrected chi connectivity index (χ3v) is 3.41. The Morgan fingerprint density at radius 3 is 2.76 bits per heavy atom. The second-order valence-corrected chi connectivity index (χ2v) is 5.34. The summed E-state index contributed by atoms with van der Waals surface area (Å²) in [5.74, 6) is -0.671. The molecule has 0 aromatic carbocycles. The smallest absolute Gasteiger partial charge is 0.306 e. The Bertz CT molecular complexity index is 265. The van der Waals surface area contributed by atoms with Crippen LogP contribution < -0.4 is 0 Å². The molecule has 1 fully saturated rings. The van der Waals surface area contributed by atoms with Crippen molar-refractivity contribution in [1.29, 1.82) is 0 Å². The maximum Gasteiger partial charge on any atom is 0.306 e. The zero-order chi connectivity index (χ0) is 13.1. The molecule has 0 spiro atoms. The van der Waals surface area contributed by atoms with Crippen molar-refractivity contribution in [3.63, 3.8) is 0 Å². The number of rotatable bonds is 5. The summed E-state index contributed by atoms with van der Waals surface area (Å²) in [7, 11) is 0. The molecule has 1 aliphatic rings. The van der Waals surface area contributed by atoms with Crippen molar-refractivity contribution in [2.45, 2.75) is 38.9 Å². The highest BCUT2D eigenvalue weighted by Gasteiger charge is 2.31. The highest BCUT2D eigenvalue weighted by Crippen LogP contribution is 2.19. The lowest BCUT2D eigenvalue weighted by Gasteiger charge is -2.38. The first-order valence-corrected chi connectivity index (χ1v) is 6.09. The first kappa shape index (κ1) is 14.4. The zero-order valence-electron chi connectivity index (χ0n) is 10.8. The number of carboxylic acids is 1. The number of aliphatic carboxylic acids is 1. The summed E-state index contributed by atoms with van der Waals surface area (Å²) in [6, 6.07) is 0. The van der Waals surface area contributed by atoms with E-state index in [2.05, 4.69) is 4.90 Å². The van der Waals surface area contributed by atoms with Crippen molar-refractivity contribution in [3.8, 4) is 0 Å². The highest BCUT2D eigenvalue weighted by molar-refractivity contribution is 5.67. The summed E-state index contributed by atoms with van der Waals surface area (Å²) in [5, 5.41) is 18.9. The number of aliphatic hydroxyl groups is 1. The van der Waals surface area contributed by atoms with Gasteiger partial charge in [0.2, 0.25) is 0 Å². The van der Waals surface area contributed by atoms with Gasteiger partial charge in [-0.1, -0.05) is 13.8 Å². The normalized spacial score (nSPS) is 25.8. The van der Waals surface area contributed by atoms with E-state index in [0.717, 1.165) is 6.54 Å². The van der Waals surface area contributed by atoms with Crippen molar-refractivity contribution < 1.29 is 19.7 Å². The number of β-amino-alcohol motifs (C(OH)–C–C–N with tert-alkyl or cyclic N) is 1. The molecule has 2 atom stereocenters. The van der Waals surface area contributed by atoms with Gasteiger partial charge in [0, 0.05) is 19.6 Å². The van der Waals surface area contributed by atoms with E-state index in [1.807, 2.05) is 20.8 Å². The number of carbonyl (C=O) groups is 1. The molecule has 17 heavy (non-hydrogen) atoms. The van der Waals surface area contributed by atoms with E-state index >= 15 is 0 Å². The zero-order valence-corrected chi connectivity index (χ0v) is 10.8. The maximum absolute atomic E-state index is 10.6. The van der Waals surface area contributed by atoms with Crippen molar-refractivity contribution in [2.24, 2.45) is 5.92 Å². The molecule has 0 bridgehead atoms. The molecular weight excluding hydrogens is 222 g/mol. The second-order valence-electron chi connectivity index (χ2n) is 5.34. The molecule has 0 aromatic rings.